The van der Waals surface area contributed by atoms with Crippen molar-refractivity contribution in [3.63, 3.8) is 0 Å². The lowest BCUT2D eigenvalue weighted by atomic mass is 9.84. The van der Waals surface area contributed by atoms with Crippen molar-refractivity contribution in [2.75, 3.05) is 13.1 Å². The summed E-state index contributed by atoms with van der Waals surface area (Å²) in [5.41, 5.74) is 5.90. The first-order chi connectivity index (χ1) is 15.5. The average Bonchev–Trinajstić information content (AvgIpc) is 3.42. The number of amides is 4. The van der Waals surface area contributed by atoms with E-state index in [0.29, 0.717) is 31.0 Å². The number of nitrogens with two attached hydrogens (primary N) is 1. The molecule has 168 valence electrons. The number of nitrogens with zero attached hydrogens (tertiary/aromatic N) is 2. The van der Waals surface area contributed by atoms with Gasteiger partial charge < -0.3 is 20.9 Å². The maximum atomic E-state index is 13.8. The van der Waals surface area contributed by atoms with Gasteiger partial charge in [-0.2, -0.15) is 0 Å². The fourth-order valence-corrected chi connectivity index (χ4v) is 5.93. The SMILES string of the molecule is NC(=O)NC1CCN(C(=O)[C@@H]2C[C@@H]3CCCC[C@@H]3N2C(=O)c2ccc3ccccc3c2)C1. The molecule has 3 fully saturated rings. The van der Waals surface area contributed by atoms with Crippen molar-refractivity contribution in [2.45, 2.75) is 56.7 Å². The molecule has 2 aromatic carbocycles. The predicted octanol–water partition coefficient (Wildman–Crippen LogP) is 2.88. The highest BCUT2D eigenvalue weighted by molar-refractivity contribution is 6.01. The lowest BCUT2D eigenvalue weighted by molar-refractivity contribution is -0.134. The number of fused-ring (bicyclic) bond motifs is 2. The Labute approximate surface area is 187 Å². The predicted molar refractivity (Wildman–Crippen MR) is 122 cm³/mol. The van der Waals surface area contributed by atoms with Gasteiger partial charge in [-0.15, -0.1) is 0 Å². The highest BCUT2D eigenvalue weighted by Crippen LogP contribution is 2.41. The number of benzene rings is 2. The molecular weight excluding hydrogens is 404 g/mol. The summed E-state index contributed by atoms with van der Waals surface area (Å²) in [5.74, 6) is 0.334. The molecule has 3 aliphatic rings. The quantitative estimate of drug-likeness (QED) is 0.778. The summed E-state index contributed by atoms with van der Waals surface area (Å²) in [6.07, 6.45) is 5.70. The van der Waals surface area contributed by atoms with Crippen LogP contribution in [0.2, 0.25) is 0 Å². The van der Waals surface area contributed by atoms with Crippen LogP contribution in [0.3, 0.4) is 0 Å². The fourth-order valence-electron chi connectivity index (χ4n) is 5.93. The van der Waals surface area contributed by atoms with Crippen LogP contribution >= 0.6 is 0 Å². The molecule has 0 bridgehead atoms. The standard InChI is InChI=1S/C25H30N4O3/c26-25(32)27-20-11-12-28(15-20)24(31)22-14-18-7-3-4-8-21(18)29(22)23(30)19-10-9-16-5-1-2-6-17(16)13-19/h1-2,5-6,9-10,13,18,20-22H,3-4,7-8,11-12,14-15H2,(H3,26,27,32)/t18-,20?,21-,22-/m0/s1. The number of rotatable bonds is 3. The summed E-state index contributed by atoms with van der Waals surface area (Å²) in [7, 11) is 0. The summed E-state index contributed by atoms with van der Waals surface area (Å²) in [4.78, 5) is 42.2. The molecule has 5 rings (SSSR count). The van der Waals surface area contributed by atoms with E-state index in [1.807, 2.05) is 47.4 Å². The van der Waals surface area contributed by atoms with Crippen molar-refractivity contribution >= 4 is 28.6 Å². The van der Waals surface area contributed by atoms with Gasteiger partial charge in [0.15, 0.2) is 0 Å². The molecular formula is C25H30N4O3. The average molecular weight is 435 g/mol. The van der Waals surface area contributed by atoms with Crippen molar-refractivity contribution in [3.05, 3.63) is 48.0 Å². The summed E-state index contributed by atoms with van der Waals surface area (Å²) >= 11 is 0. The van der Waals surface area contributed by atoms with Crippen molar-refractivity contribution in [1.29, 1.82) is 0 Å². The van der Waals surface area contributed by atoms with E-state index in [2.05, 4.69) is 5.32 Å². The van der Waals surface area contributed by atoms with Gasteiger partial charge in [-0.05, 0) is 54.5 Å². The molecule has 0 radical (unpaired) electrons. The third-order valence-corrected chi connectivity index (χ3v) is 7.45. The summed E-state index contributed by atoms with van der Waals surface area (Å²) in [6.45, 7) is 1.03. The van der Waals surface area contributed by atoms with Gasteiger partial charge >= 0.3 is 6.03 Å². The van der Waals surface area contributed by atoms with Crippen LogP contribution in [-0.2, 0) is 4.79 Å². The lowest BCUT2D eigenvalue weighted by Gasteiger charge is -2.34. The minimum atomic E-state index is -0.565. The van der Waals surface area contributed by atoms with E-state index >= 15 is 0 Å². The number of hydrogen-bond acceptors (Lipinski definition) is 3. The number of carbonyl (C=O) groups excluding carboxylic acids is 3. The van der Waals surface area contributed by atoms with E-state index in [1.165, 1.54) is 0 Å². The Balaban J connectivity index is 1.41. The molecule has 2 aliphatic heterocycles. The second kappa shape index (κ2) is 8.45. The smallest absolute Gasteiger partial charge is 0.312 e. The number of hydrogen-bond donors (Lipinski definition) is 2. The second-order valence-electron chi connectivity index (χ2n) is 9.42. The van der Waals surface area contributed by atoms with Crippen molar-refractivity contribution < 1.29 is 14.4 Å². The summed E-state index contributed by atoms with van der Waals surface area (Å²) in [6, 6.07) is 12.8. The molecule has 4 amide bonds. The zero-order chi connectivity index (χ0) is 22.2. The van der Waals surface area contributed by atoms with Gasteiger partial charge in [0.05, 0.1) is 0 Å². The Morgan fingerprint density at radius 3 is 2.56 bits per heavy atom. The normalized spacial score (nSPS) is 27.4. The molecule has 4 atom stereocenters. The topological polar surface area (TPSA) is 95.7 Å². The Kier molecular flexibility index (Phi) is 5.49. The highest BCUT2D eigenvalue weighted by Gasteiger charge is 2.49. The van der Waals surface area contributed by atoms with Gasteiger partial charge in [0, 0.05) is 30.7 Å². The van der Waals surface area contributed by atoms with Crippen molar-refractivity contribution in [2.24, 2.45) is 11.7 Å². The molecule has 1 aliphatic carbocycles. The van der Waals surface area contributed by atoms with Crippen LogP contribution in [0, 0.1) is 5.92 Å². The number of urea groups is 1. The Hall–Kier alpha value is -3.09. The first-order valence-electron chi connectivity index (χ1n) is 11.7. The van der Waals surface area contributed by atoms with Crippen LogP contribution in [0.5, 0.6) is 0 Å². The number of nitrogens with one attached hydrogen (secondary N) is 1. The monoisotopic (exact) mass is 434 g/mol. The van der Waals surface area contributed by atoms with Gasteiger partial charge in [-0.3, -0.25) is 9.59 Å². The van der Waals surface area contributed by atoms with E-state index in [0.717, 1.165) is 42.9 Å². The van der Waals surface area contributed by atoms with Crippen LogP contribution < -0.4 is 11.1 Å². The molecule has 1 saturated carbocycles. The van der Waals surface area contributed by atoms with E-state index in [1.54, 1.807) is 4.90 Å². The molecule has 0 aromatic heterocycles. The molecule has 2 saturated heterocycles. The van der Waals surface area contributed by atoms with Crippen LogP contribution in [0.25, 0.3) is 10.8 Å². The highest BCUT2D eigenvalue weighted by atomic mass is 16.2. The molecule has 0 spiro atoms. The van der Waals surface area contributed by atoms with E-state index < -0.39 is 12.1 Å². The molecule has 7 nitrogen and oxygen atoms in total. The maximum Gasteiger partial charge on any atom is 0.312 e. The molecule has 2 heterocycles. The van der Waals surface area contributed by atoms with Gasteiger partial charge in [-0.1, -0.05) is 43.2 Å². The number of carbonyl (C=O) groups is 3. The van der Waals surface area contributed by atoms with Gasteiger partial charge in [0.25, 0.3) is 5.91 Å². The minimum Gasteiger partial charge on any atom is -0.352 e. The van der Waals surface area contributed by atoms with Crippen molar-refractivity contribution in [3.8, 4) is 0 Å². The summed E-state index contributed by atoms with van der Waals surface area (Å²) < 4.78 is 0. The molecule has 7 heteroatoms. The second-order valence-corrected chi connectivity index (χ2v) is 9.42. The van der Waals surface area contributed by atoms with Crippen LogP contribution in [-0.4, -0.2) is 58.9 Å². The minimum absolute atomic E-state index is 0.00214. The lowest BCUT2D eigenvalue weighted by Crippen LogP contribution is -2.51. The third kappa shape index (κ3) is 3.80. The Morgan fingerprint density at radius 2 is 1.75 bits per heavy atom. The molecule has 3 N–H and O–H groups in total. The maximum absolute atomic E-state index is 13.8. The molecule has 2 aromatic rings. The van der Waals surface area contributed by atoms with E-state index in [9.17, 15) is 14.4 Å². The Morgan fingerprint density at radius 1 is 0.969 bits per heavy atom. The van der Waals surface area contributed by atoms with E-state index in [-0.39, 0.29) is 23.9 Å². The zero-order valence-corrected chi connectivity index (χ0v) is 18.2. The van der Waals surface area contributed by atoms with Crippen LogP contribution in [0.1, 0.15) is 48.9 Å². The fraction of sp³-hybridized carbons (Fsp3) is 0.480. The third-order valence-electron chi connectivity index (χ3n) is 7.45. The first kappa shape index (κ1) is 20.8. The van der Waals surface area contributed by atoms with Crippen LogP contribution in [0.4, 0.5) is 4.79 Å². The first-order valence-corrected chi connectivity index (χ1v) is 11.7. The van der Waals surface area contributed by atoms with Gasteiger partial charge in [0.2, 0.25) is 5.91 Å². The molecule has 1 unspecified atom stereocenters. The van der Waals surface area contributed by atoms with Crippen LogP contribution in [0.15, 0.2) is 42.5 Å². The van der Waals surface area contributed by atoms with Gasteiger partial charge in [-0.25, -0.2) is 4.79 Å². The van der Waals surface area contributed by atoms with E-state index in [4.69, 9.17) is 5.73 Å². The summed E-state index contributed by atoms with van der Waals surface area (Å²) in [5, 5.41) is 4.83. The largest absolute Gasteiger partial charge is 0.352 e. The number of likely N-dealkylation sites (tertiary alicyclic amines) is 2. The zero-order valence-electron chi connectivity index (χ0n) is 18.2. The Bertz CT molecular complexity index is 1050. The molecule has 32 heavy (non-hydrogen) atoms. The van der Waals surface area contributed by atoms with Gasteiger partial charge in [0.1, 0.15) is 6.04 Å². The van der Waals surface area contributed by atoms with Crippen molar-refractivity contribution in [1.82, 2.24) is 15.1 Å². The number of primary amides is 1.